The number of nitrogens with zero attached hydrogens (tertiary/aromatic N) is 1. The van der Waals surface area contributed by atoms with Crippen LogP contribution >= 0.6 is 0 Å². The lowest BCUT2D eigenvalue weighted by Gasteiger charge is -2.19. The highest BCUT2D eigenvalue weighted by Gasteiger charge is 2.17. The van der Waals surface area contributed by atoms with Gasteiger partial charge in [0.05, 0.1) is 0 Å². The van der Waals surface area contributed by atoms with E-state index in [1.165, 1.54) is 19.2 Å². The lowest BCUT2D eigenvalue weighted by atomic mass is 10.3. The van der Waals surface area contributed by atoms with Gasteiger partial charge in [0.2, 0.25) is 0 Å². The number of rotatable bonds is 3. The largest absolute Gasteiger partial charge is 0.480 e. The first-order valence-electron chi connectivity index (χ1n) is 4.51. The molecule has 1 aromatic carbocycles. The Morgan fingerprint density at radius 3 is 2.38 bits per heavy atom. The number of urea groups is 1. The van der Waals surface area contributed by atoms with Crippen molar-refractivity contribution in [2.24, 2.45) is 0 Å². The second-order valence-corrected chi connectivity index (χ2v) is 3.01. The summed E-state index contributed by atoms with van der Waals surface area (Å²) >= 11 is 0. The van der Waals surface area contributed by atoms with E-state index in [1.54, 1.807) is 0 Å². The van der Waals surface area contributed by atoms with Crippen LogP contribution in [0.25, 0.3) is 0 Å². The summed E-state index contributed by atoms with van der Waals surface area (Å²) < 4.78 is 12.7. The van der Waals surface area contributed by atoms with Crippen molar-refractivity contribution in [2.45, 2.75) is 0 Å². The summed E-state index contributed by atoms with van der Waals surface area (Å²) in [5.41, 5.74) is 0.322. The average molecular weight is 226 g/mol. The third kappa shape index (κ3) is 2.94. The number of amides is 2. The molecule has 0 aliphatic carbocycles. The molecule has 0 bridgehead atoms. The molecule has 2 N–H and O–H groups in total. The fourth-order valence-corrected chi connectivity index (χ4v) is 1.17. The number of carbonyl (C=O) groups excluding carboxylic acids is 1. The molecule has 0 aliphatic rings. The third-order valence-electron chi connectivity index (χ3n) is 1.89. The van der Waals surface area contributed by atoms with Gasteiger partial charge < -0.3 is 10.4 Å². The zero-order valence-corrected chi connectivity index (χ0v) is 8.61. The van der Waals surface area contributed by atoms with Gasteiger partial charge in [0.25, 0.3) is 0 Å². The quantitative estimate of drug-likeness (QED) is 0.809. The van der Waals surface area contributed by atoms with Crippen LogP contribution in [0.3, 0.4) is 0 Å². The molecule has 0 aromatic heterocycles. The number of carboxylic acid groups (broad SMARTS) is 1. The maximum Gasteiger partial charge on any atom is 0.323 e. The SMILES string of the molecule is CNC(=O)N(CC(=O)O)c1ccc(F)cc1. The number of anilines is 1. The normalized spacial score (nSPS) is 9.62. The van der Waals surface area contributed by atoms with Crippen molar-refractivity contribution in [3.05, 3.63) is 30.1 Å². The Hall–Kier alpha value is -2.11. The van der Waals surface area contributed by atoms with Gasteiger partial charge in [-0.25, -0.2) is 9.18 Å². The summed E-state index contributed by atoms with van der Waals surface area (Å²) in [4.78, 5) is 23.0. The average Bonchev–Trinajstić information content (AvgIpc) is 2.26. The highest BCUT2D eigenvalue weighted by Crippen LogP contribution is 2.14. The molecule has 0 saturated heterocycles. The molecule has 86 valence electrons. The zero-order chi connectivity index (χ0) is 12.1. The van der Waals surface area contributed by atoms with E-state index in [9.17, 15) is 14.0 Å². The highest BCUT2D eigenvalue weighted by atomic mass is 19.1. The first-order valence-corrected chi connectivity index (χ1v) is 4.51. The minimum absolute atomic E-state index is 0.322. The molecule has 0 heterocycles. The summed E-state index contributed by atoms with van der Waals surface area (Å²) in [6, 6.07) is 4.44. The van der Waals surface area contributed by atoms with E-state index >= 15 is 0 Å². The van der Waals surface area contributed by atoms with Crippen molar-refractivity contribution < 1.29 is 19.1 Å². The first-order chi connectivity index (χ1) is 7.54. The fraction of sp³-hybridized carbons (Fsp3) is 0.200. The molecule has 5 nitrogen and oxygen atoms in total. The topological polar surface area (TPSA) is 69.6 Å². The summed E-state index contributed by atoms with van der Waals surface area (Å²) in [6.07, 6.45) is 0. The molecular formula is C10H11FN2O3. The minimum atomic E-state index is -1.15. The van der Waals surface area contributed by atoms with E-state index in [1.807, 2.05) is 0 Å². The number of halogens is 1. The van der Waals surface area contributed by atoms with Crippen LogP contribution in [0, 0.1) is 5.82 Å². The van der Waals surface area contributed by atoms with Gasteiger partial charge in [-0.3, -0.25) is 9.69 Å². The Bertz CT molecular complexity index is 392. The van der Waals surface area contributed by atoms with Gasteiger partial charge >= 0.3 is 12.0 Å². The van der Waals surface area contributed by atoms with Crippen LogP contribution in [0.5, 0.6) is 0 Å². The summed E-state index contributed by atoms with van der Waals surface area (Å²) in [5.74, 6) is -1.59. The van der Waals surface area contributed by atoms with Crippen molar-refractivity contribution >= 4 is 17.7 Å². The molecule has 0 unspecified atom stereocenters. The number of nitrogens with one attached hydrogen (secondary N) is 1. The summed E-state index contributed by atoms with van der Waals surface area (Å²) in [7, 11) is 1.39. The molecular weight excluding hydrogens is 215 g/mol. The first kappa shape index (κ1) is 12.0. The van der Waals surface area contributed by atoms with Gasteiger partial charge in [-0.15, -0.1) is 0 Å². The van der Waals surface area contributed by atoms with Gasteiger partial charge in [-0.1, -0.05) is 0 Å². The Balaban J connectivity index is 2.96. The molecule has 0 radical (unpaired) electrons. The molecule has 6 heteroatoms. The Labute approximate surface area is 91.5 Å². The van der Waals surface area contributed by atoms with Crippen LogP contribution in [-0.4, -0.2) is 30.7 Å². The van der Waals surface area contributed by atoms with Crippen molar-refractivity contribution in [2.75, 3.05) is 18.5 Å². The van der Waals surface area contributed by atoms with E-state index in [0.717, 1.165) is 17.0 Å². The molecule has 0 saturated carbocycles. The van der Waals surface area contributed by atoms with Crippen LogP contribution in [0.15, 0.2) is 24.3 Å². The fourth-order valence-electron chi connectivity index (χ4n) is 1.17. The molecule has 1 rings (SSSR count). The van der Waals surface area contributed by atoms with E-state index in [4.69, 9.17) is 5.11 Å². The number of carbonyl (C=O) groups is 2. The Morgan fingerprint density at radius 2 is 1.94 bits per heavy atom. The number of aliphatic carboxylic acids is 1. The maximum absolute atomic E-state index is 12.7. The highest BCUT2D eigenvalue weighted by molar-refractivity contribution is 5.96. The lowest BCUT2D eigenvalue weighted by molar-refractivity contribution is -0.135. The van der Waals surface area contributed by atoms with Crippen LogP contribution in [0.1, 0.15) is 0 Å². The standard InChI is InChI=1S/C10H11FN2O3/c1-12-10(16)13(6-9(14)15)8-4-2-7(11)3-5-8/h2-5H,6H2,1H3,(H,12,16)(H,14,15). The second kappa shape index (κ2) is 5.11. The molecule has 0 spiro atoms. The predicted molar refractivity (Wildman–Crippen MR) is 55.8 cm³/mol. The zero-order valence-electron chi connectivity index (χ0n) is 8.61. The van der Waals surface area contributed by atoms with Gasteiger partial charge in [0, 0.05) is 12.7 Å². The van der Waals surface area contributed by atoms with Gasteiger partial charge in [-0.2, -0.15) is 0 Å². The van der Waals surface area contributed by atoms with Crippen LogP contribution < -0.4 is 10.2 Å². The molecule has 16 heavy (non-hydrogen) atoms. The van der Waals surface area contributed by atoms with Crippen molar-refractivity contribution in [1.82, 2.24) is 5.32 Å². The van der Waals surface area contributed by atoms with E-state index in [0.29, 0.717) is 5.69 Å². The van der Waals surface area contributed by atoms with Gasteiger partial charge in [0.1, 0.15) is 12.4 Å². The second-order valence-electron chi connectivity index (χ2n) is 3.01. The third-order valence-corrected chi connectivity index (χ3v) is 1.89. The molecule has 0 atom stereocenters. The number of carboxylic acids is 1. The smallest absolute Gasteiger partial charge is 0.323 e. The molecule has 0 aliphatic heterocycles. The van der Waals surface area contributed by atoms with Crippen LogP contribution in [0.4, 0.5) is 14.9 Å². The molecule has 0 fully saturated rings. The van der Waals surface area contributed by atoms with Crippen LogP contribution in [0.2, 0.25) is 0 Å². The molecule has 1 aromatic rings. The number of hydrogen-bond acceptors (Lipinski definition) is 2. The van der Waals surface area contributed by atoms with Gasteiger partial charge in [0.15, 0.2) is 0 Å². The summed E-state index contributed by atoms with van der Waals surface area (Å²) in [6.45, 7) is -0.481. The van der Waals surface area contributed by atoms with Crippen molar-refractivity contribution in [3.8, 4) is 0 Å². The van der Waals surface area contributed by atoms with E-state index in [2.05, 4.69) is 5.32 Å². The summed E-state index contributed by atoms with van der Waals surface area (Å²) in [5, 5.41) is 11.0. The Morgan fingerprint density at radius 1 is 1.38 bits per heavy atom. The Kier molecular flexibility index (Phi) is 3.82. The minimum Gasteiger partial charge on any atom is -0.480 e. The van der Waals surface area contributed by atoms with E-state index in [-0.39, 0.29) is 0 Å². The molecule has 2 amide bonds. The number of benzene rings is 1. The van der Waals surface area contributed by atoms with E-state index < -0.39 is 24.4 Å². The van der Waals surface area contributed by atoms with Gasteiger partial charge in [-0.05, 0) is 24.3 Å². The number of hydrogen-bond donors (Lipinski definition) is 2. The monoisotopic (exact) mass is 226 g/mol. The maximum atomic E-state index is 12.7. The van der Waals surface area contributed by atoms with Crippen molar-refractivity contribution in [3.63, 3.8) is 0 Å². The lowest BCUT2D eigenvalue weighted by Crippen LogP contribution is -2.41. The van der Waals surface area contributed by atoms with Crippen LogP contribution in [-0.2, 0) is 4.79 Å². The van der Waals surface area contributed by atoms with Crippen molar-refractivity contribution in [1.29, 1.82) is 0 Å². The predicted octanol–water partition coefficient (Wildman–Crippen LogP) is 1.06.